The van der Waals surface area contributed by atoms with Crippen molar-refractivity contribution in [2.75, 3.05) is 11.9 Å². The van der Waals surface area contributed by atoms with Crippen molar-refractivity contribution in [1.82, 2.24) is 4.98 Å². The Morgan fingerprint density at radius 2 is 1.50 bits per heavy atom. The number of phenols is 3. The van der Waals surface area contributed by atoms with Crippen molar-refractivity contribution in [2.24, 2.45) is 0 Å². The van der Waals surface area contributed by atoms with Crippen LogP contribution in [0.25, 0.3) is 10.9 Å². The van der Waals surface area contributed by atoms with Gasteiger partial charge in [0.1, 0.15) is 28.7 Å². The number of phenolic OH excluding ortho intramolecular Hbond substituents is 2. The molecule has 0 fully saturated rings. The van der Waals surface area contributed by atoms with Gasteiger partial charge >= 0.3 is 0 Å². The molecular weight excluding hydrogens is 464 g/mol. The molecule has 1 aliphatic rings. The van der Waals surface area contributed by atoms with Gasteiger partial charge in [-0.05, 0) is 56.2 Å². The van der Waals surface area contributed by atoms with Crippen molar-refractivity contribution in [3.05, 3.63) is 87.2 Å². The van der Waals surface area contributed by atoms with Crippen molar-refractivity contribution >= 4 is 22.5 Å². The standard InChI is InChI=1S/C10H9NO2.C9H9NO3.C8H10O2/c1-6-2-4-8(12)10-7(6)3-5-9(13)11-10;1-5-2-3-6(11)8-9(5)13-4-7(12)10-8;1-6-2-3-8(10)7(4-6)5-9/h2-5,12H,1H3,(H,11,13);2-3,11H,4H2,1H3,(H,10,12);2-4,9-10H,5H2,1H3. The molecule has 6 N–H and O–H groups in total. The maximum atomic E-state index is 11.0. The van der Waals surface area contributed by atoms with E-state index in [2.05, 4.69) is 10.3 Å². The molecule has 1 aromatic heterocycles. The van der Waals surface area contributed by atoms with Gasteiger partial charge in [-0.15, -0.1) is 0 Å². The fourth-order valence-corrected chi connectivity index (χ4v) is 3.52. The number of hydrogen-bond acceptors (Lipinski definition) is 7. The first-order chi connectivity index (χ1) is 17.1. The third kappa shape index (κ3) is 6.13. The van der Waals surface area contributed by atoms with Crippen molar-refractivity contribution in [1.29, 1.82) is 0 Å². The summed E-state index contributed by atoms with van der Waals surface area (Å²) >= 11 is 0. The second-order valence-corrected chi connectivity index (χ2v) is 8.25. The van der Waals surface area contributed by atoms with Gasteiger partial charge in [-0.1, -0.05) is 29.8 Å². The van der Waals surface area contributed by atoms with Gasteiger partial charge in [-0.3, -0.25) is 9.59 Å². The highest BCUT2D eigenvalue weighted by Gasteiger charge is 2.20. The lowest BCUT2D eigenvalue weighted by molar-refractivity contribution is -0.118. The van der Waals surface area contributed by atoms with E-state index < -0.39 is 0 Å². The Hall–Kier alpha value is -4.50. The molecule has 0 spiro atoms. The van der Waals surface area contributed by atoms with Crippen LogP contribution in [0.3, 0.4) is 0 Å². The molecule has 4 aromatic rings. The number of benzene rings is 3. The molecule has 0 saturated heterocycles. The Labute approximate surface area is 207 Å². The Balaban J connectivity index is 0.000000152. The van der Waals surface area contributed by atoms with Crippen molar-refractivity contribution in [3.8, 4) is 23.0 Å². The fraction of sp³-hybridized carbons (Fsp3) is 0.185. The number of aromatic hydroxyl groups is 3. The van der Waals surface area contributed by atoms with Gasteiger partial charge in [-0.25, -0.2) is 0 Å². The minimum Gasteiger partial charge on any atom is -0.508 e. The molecule has 1 aliphatic heterocycles. The average Bonchev–Trinajstić information content (AvgIpc) is 2.86. The molecule has 188 valence electrons. The third-order valence-electron chi connectivity index (χ3n) is 5.44. The molecule has 5 rings (SSSR count). The predicted molar refractivity (Wildman–Crippen MR) is 137 cm³/mol. The molecule has 9 nitrogen and oxygen atoms in total. The zero-order chi connectivity index (χ0) is 26.4. The first kappa shape index (κ1) is 26.1. The zero-order valence-corrected chi connectivity index (χ0v) is 20.1. The van der Waals surface area contributed by atoms with Crippen LogP contribution in [0.4, 0.5) is 5.69 Å². The highest BCUT2D eigenvalue weighted by Crippen LogP contribution is 2.38. The van der Waals surface area contributed by atoms with E-state index in [1.54, 1.807) is 36.4 Å². The van der Waals surface area contributed by atoms with Crippen LogP contribution < -0.4 is 15.6 Å². The average molecular weight is 493 g/mol. The monoisotopic (exact) mass is 492 g/mol. The molecule has 3 aromatic carbocycles. The number of pyridine rings is 1. The number of ether oxygens (including phenoxy) is 1. The molecular formula is C27H28N2O7. The van der Waals surface area contributed by atoms with E-state index in [1.165, 1.54) is 12.1 Å². The summed E-state index contributed by atoms with van der Waals surface area (Å²) in [5.74, 6) is 0.619. The van der Waals surface area contributed by atoms with Crippen molar-refractivity contribution in [2.45, 2.75) is 27.4 Å². The van der Waals surface area contributed by atoms with Gasteiger partial charge in [0, 0.05) is 17.0 Å². The molecule has 0 aliphatic carbocycles. The number of aromatic nitrogens is 1. The Morgan fingerprint density at radius 1 is 0.833 bits per heavy atom. The van der Waals surface area contributed by atoms with E-state index in [0.29, 0.717) is 22.5 Å². The summed E-state index contributed by atoms with van der Waals surface area (Å²) in [5.41, 5.74) is 4.23. The Morgan fingerprint density at radius 3 is 2.19 bits per heavy atom. The molecule has 0 atom stereocenters. The number of aliphatic hydroxyl groups excluding tert-OH is 1. The zero-order valence-electron chi connectivity index (χ0n) is 20.1. The lowest BCUT2D eigenvalue weighted by Gasteiger charge is -2.20. The van der Waals surface area contributed by atoms with E-state index in [-0.39, 0.29) is 41.9 Å². The van der Waals surface area contributed by atoms with Gasteiger partial charge in [0.2, 0.25) is 5.56 Å². The van der Waals surface area contributed by atoms with Gasteiger partial charge in [0.25, 0.3) is 5.91 Å². The van der Waals surface area contributed by atoms with Crippen LogP contribution in [-0.2, 0) is 11.4 Å². The molecule has 0 radical (unpaired) electrons. The molecule has 36 heavy (non-hydrogen) atoms. The maximum absolute atomic E-state index is 11.0. The molecule has 9 heteroatoms. The number of aromatic amines is 1. The second kappa shape index (κ2) is 11.3. The summed E-state index contributed by atoms with van der Waals surface area (Å²) in [6.45, 7) is 5.61. The molecule has 2 heterocycles. The minimum absolute atomic E-state index is 0.0112. The first-order valence-corrected chi connectivity index (χ1v) is 11.1. The summed E-state index contributed by atoms with van der Waals surface area (Å²) in [7, 11) is 0. The van der Waals surface area contributed by atoms with Crippen LogP contribution >= 0.6 is 0 Å². The first-order valence-electron chi connectivity index (χ1n) is 11.1. The third-order valence-corrected chi connectivity index (χ3v) is 5.44. The summed E-state index contributed by atoms with van der Waals surface area (Å²) in [6.07, 6.45) is 0. The van der Waals surface area contributed by atoms with Crippen LogP contribution in [0.2, 0.25) is 0 Å². The minimum atomic E-state index is -0.242. The number of anilines is 1. The number of hydrogen-bond donors (Lipinski definition) is 6. The number of nitrogens with one attached hydrogen (secondary N) is 2. The van der Waals surface area contributed by atoms with Gasteiger partial charge in [0.15, 0.2) is 6.61 Å². The SMILES string of the molecule is Cc1ccc(O)c(CO)c1.Cc1ccc(O)c2[nH]c(=O)ccc12.Cc1ccc(O)c2c1OCC(=O)N2. The van der Waals surface area contributed by atoms with Crippen LogP contribution in [0.5, 0.6) is 23.0 Å². The van der Waals surface area contributed by atoms with Crippen molar-refractivity contribution in [3.63, 3.8) is 0 Å². The molecule has 0 saturated carbocycles. The summed E-state index contributed by atoms with van der Waals surface area (Å²) in [6, 6.07) is 15.0. The van der Waals surface area contributed by atoms with Crippen molar-refractivity contribution < 1.29 is 30.0 Å². The lowest BCUT2D eigenvalue weighted by Crippen LogP contribution is -2.25. The number of fused-ring (bicyclic) bond motifs is 2. The molecule has 0 bridgehead atoms. The summed E-state index contributed by atoms with van der Waals surface area (Å²) in [4.78, 5) is 24.5. The number of carbonyl (C=O) groups excluding carboxylic acids is 1. The maximum Gasteiger partial charge on any atom is 0.262 e. The summed E-state index contributed by atoms with van der Waals surface area (Å²) in [5, 5.41) is 40.0. The predicted octanol–water partition coefficient (Wildman–Crippen LogP) is 3.77. The van der Waals surface area contributed by atoms with Crippen LogP contribution in [0.1, 0.15) is 22.3 Å². The highest BCUT2D eigenvalue weighted by molar-refractivity contribution is 5.97. The van der Waals surface area contributed by atoms with E-state index in [9.17, 15) is 19.8 Å². The number of rotatable bonds is 1. The van der Waals surface area contributed by atoms with Gasteiger partial charge in [0.05, 0.1) is 12.1 Å². The van der Waals surface area contributed by atoms with Crippen LogP contribution in [0.15, 0.2) is 59.4 Å². The largest absolute Gasteiger partial charge is 0.508 e. The van der Waals surface area contributed by atoms with E-state index in [1.807, 2.05) is 26.8 Å². The topological polar surface area (TPSA) is 152 Å². The number of H-pyrrole nitrogens is 1. The Bertz CT molecular complexity index is 1460. The smallest absolute Gasteiger partial charge is 0.262 e. The number of aliphatic hydroxyl groups is 1. The van der Waals surface area contributed by atoms with Crippen LogP contribution in [-0.4, -0.2) is 37.9 Å². The van der Waals surface area contributed by atoms with E-state index in [4.69, 9.17) is 14.9 Å². The molecule has 0 unspecified atom stereocenters. The van der Waals surface area contributed by atoms with Crippen LogP contribution in [0, 0.1) is 20.8 Å². The van der Waals surface area contributed by atoms with Gasteiger partial charge < -0.3 is 35.5 Å². The number of carbonyl (C=O) groups is 1. The fourth-order valence-electron chi connectivity index (χ4n) is 3.52. The summed E-state index contributed by atoms with van der Waals surface area (Å²) < 4.78 is 5.18. The molecule has 1 amide bonds. The second-order valence-electron chi connectivity index (χ2n) is 8.25. The van der Waals surface area contributed by atoms with Gasteiger partial charge in [-0.2, -0.15) is 0 Å². The Kier molecular flexibility index (Phi) is 8.18. The van der Waals surface area contributed by atoms with E-state index >= 15 is 0 Å². The number of aryl methyl sites for hydroxylation is 3. The normalized spacial score (nSPS) is 11.7. The lowest BCUT2D eigenvalue weighted by atomic mass is 10.1. The highest BCUT2D eigenvalue weighted by atomic mass is 16.5. The quantitative estimate of drug-likeness (QED) is 0.221. The number of amides is 1. The van der Waals surface area contributed by atoms with E-state index in [0.717, 1.165) is 22.1 Å².